The lowest BCUT2D eigenvalue weighted by atomic mass is 9.97. The van der Waals surface area contributed by atoms with Gasteiger partial charge in [0.25, 0.3) is 0 Å². The molecule has 1 aromatic carbocycles. The van der Waals surface area contributed by atoms with Crippen LogP contribution in [0, 0.1) is 12.8 Å². The molecule has 2 saturated heterocycles. The third-order valence-electron chi connectivity index (χ3n) is 6.72. The molecule has 1 N–H and O–H groups in total. The molecule has 34 heavy (non-hydrogen) atoms. The average Bonchev–Trinajstić information content (AvgIpc) is 3.41. The average molecular weight is 480 g/mol. The molecule has 0 aliphatic carbocycles. The second-order valence-corrected chi connectivity index (χ2v) is 11.0. The normalized spacial score (nSPS) is 19.4. The third-order valence-corrected chi connectivity index (χ3v) is 8.61. The molecular formula is C25H29N5O3S. The van der Waals surface area contributed by atoms with E-state index in [1.807, 2.05) is 31.2 Å². The predicted molar refractivity (Wildman–Crippen MR) is 132 cm³/mol. The summed E-state index contributed by atoms with van der Waals surface area (Å²) in [7, 11) is -3.46. The maximum atomic E-state index is 12.9. The van der Waals surface area contributed by atoms with Crippen molar-refractivity contribution in [2.75, 3.05) is 36.4 Å². The summed E-state index contributed by atoms with van der Waals surface area (Å²) in [6, 6.07) is 12.7. The fourth-order valence-corrected chi connectivity index (χ4v) is 6.29. The first-order valence-corrected chi connectivity index (χ1v) is 13.2. The Labute approximate surface area is 200 Å². The Hall–Kier alpha value is -3.04. The number of carbonyl (C=O) groups excluding carboxylic acids is 1. The second-order valence-electron chi connectivity index (χ2n) is 9.08. The molecule has 0 saturated carbocycles. The minimum atomic E-state index is -3.46. The molecule has 0 spiro atoms. The first-order chi connectivity index (χ1) is 16.4. The number of benzene rings is 1. The number of aryl methyl sites for hydroxylation is 1. The van der Waals surface area contributed by atoms with Crippen LogP contribution in [0.15, 0.2) is 53.6 Å². The van der Waals surface area contributed by atoms with Crippen molar-refractivity contribution in [3.63, 3.8) is 0 Å². The molecule has 3 aromatic rings. The molecule has 0 unspecified atom stereocenters. The van der Waals surface area contributed by atoms with Gasteiger partial charge >= 0.3 is 0 Å². The van der Waals surface area contributed by atoms with Crippen LogP contribution >= 0.6 is 0 Å². The quantitative estimate of drug-likeness (QED) is 0.601. The summed E-state index contributed by atoms with van der Waals surface area (Å²) in [5.74, 6) is 1.23. The van der Waals surface area contributed by atoms with Crippen molar-refractivity contribution in [2.45, 2.75) is 37.5 Å². The Morgan fingerprint density at radius 3 is 2.68 bits per heavy atom. The van der Waals surface area contributed by atoms with Gasteiger partial charge in [-0.2, -0.15) is 4.31 Å². The van der Waals surface area contributed by atoms with Crippen LogP contribution in [0.4, 0.5) is 11.6 Å². The third kappa shape index (κ3) is 4.50. The van der Waals surface area contributed by atoms with Crippen molar-refractivity contribution in [3.05, 3.63) is 54.2 Å². The van der Waals surface area contributed by atoms with E-state index in [1.54, 1.807) is 28.7 Å². The van der Waals surface area contributed by atoms with Crippen molar-refractivity contribution in [1.82, 2.24) is 14.3 Å². The van der Waals surface area contributed by atoms with Gasteiger partial charge in [-0.1, -0.05) is 6.07 Å². The fourth-order valence-electron chi connectivity index (χ4n) is 4.74. The van der Waals surface area contributed by atoms with Gasteiger partial charge in [0.1, 0.15) is 11.6 Å². The summed E-state index contributed by atoms with van der Waals surface area (Å²) in [6.45, 7) is 4.50. The number of rotatable bonds is 5. The van der Waals surface area contributed by atoms with Crippen molar-refractivity contribution in [3.8, 4) is 0 Å². The van der Waals surface area contributed by atoms with E-state index in [1.165, 1.54) is 0 Å². The summed E-state index contributed by atoms with van der Waals surface area (Å²) in [5.41, 5.74) is 1.68. The summed E-state index contributed by atoms with van der Waals surface area (Å²) < 4.78 is 27.4. The molecule has 0 radical (unpaired) electrons. The van der Waals surface area contributed by atoms with Crippen molar-refractivity contribution < 1.29 is 13.2 Å². The molecule has 178 valence electrons. The van der Waals surface area contributed by atoms with Gasteiger partial charge in [-0.15, -0.1) is 0 Å². The van der Waals surface area contributed by atoms with E-state index in [2.05, 4.69) is 15.2 Å². The number of amides is 1. The highest BCUT2D eigenvalue weighted by Crippen LogP contribution is 2.28. The molecule has 1 amide bonds. The molecule has 2 fully saturated rings. The molecule has 9 heteroatoms. The van der Waals surface area contributed by atoms with Gasteiger partial charge in [0.2, 0.25) is 15.9 Å². The van der Waals surface area contributed by atoms with Crippen LogP contribution in [0.25, 0.3) is 10.9 Å². The Morgan fingerprint density at radius 1 is 1.06 bits per heavy atom. The molecule has 4 heterocycles. The Morgan fingerprint density at radius 2 is 1.88 bits per heavy atom. The summed E-state index contributed by atoms with van der Waals surface area (Å²) in [4.78, 5) is 24.4. The molecule has 8 nitrogen and oxygen atoms in total. The largest absolute Gasteiger partial charge is 0.356 e. The fraction of sp³-hybridized carbons (Fsp3) is 0.400. The predicted octanol–water partition coefficient (Wildman–Crippen LogP) is 3.58. The SMILES string of the molecule is Cc1cccnc1NC(=O)[C@@H]1CCCN(c2ccc3cc(S(=O)(=O)N4CCCC4)ccc3n2)C1. The maximum Gasteiger partial charge on any atom is 0.243 e. The highest BCUT2D eigenvalue weighted by molar-refractivity contribution is 7.89. The van der Waals surface area contributed by atoms with Gasteiger partial charge in [0.05, 0.1) is 16.3 Å². The Balaban J connectivity index is 1.32. The lowest BCUT2D eigenvalue weighted by Gasteiger charge is -2.33. The topological polar surface area (TPSA) is 95.5 Å². The summed E-state index contributed by atoms with van der Waals surface area (Å²) in [5, 5.41) is 3.76. The van der Waals surface area contributed by atoms with Crippen LogP contribution in [-0.2, 0) is 14.8 Å². The van der Waals surface area contributed by atoms with Crippen LogP contribution in [0.2, 0.25) is 0 Å². The maximum absolute atomic E-state index is 12.9. The van der Waals surface area contributed by atoms with E-state index in [-0.39, 0.29) is 11.8 Å². The molecular weight excluding hydrogens is 450 g/mol. The minimum Gasteiger partial charge on any atom is -0.356 e. The summed E-state index contributed by atoms with van der Waals surface area (Å²) in [6.07, 6.45) is 5.21. The zero-order valence-electron chi connectivity index (χ0n) is 19.3. The number of fused-ring (bicyclic) bond motifs is 1. The van der Waals surface area contributed by atoms with Crippen LogP contribution in [0.5, 0.6) is 0 Å². The van der Waals surface area contributed by atoms with Gasteiger partial charge < -0.3 is 10.2 Å². The number of nitrogens with zero attached hydrogens (tertiary/aromatic N) is 4. The number of sulfonamides is 1. The number of carbonyl (C=O) groups is 1. The van der Waals surface area contributed by atoms with E-state index < -0.39 is 10.0 Å². The van der Waals surface area contributed by atoms with E-state index in [9.17, 15) is 13.2 Å². The van der Waals surface area contributed by atoms with Gasteiger partial charge in [-0.05, 0) is 74.6 Å². The van der Waals surface area contributed by atoms with Crippen LogP contribution in [-0.4, -0.2) is 54.8 Å². The number of piperidine rings is 1. The smallest absolute Gasteiger partial charge is 0.243 e. The molecule has 2 aliphatic rings. The van der Waals surface area contributed by atoms with Crippen molar-refractivity contribution in [1.29, 1.82) is 0 Å². The van der Waals surface area contributed by atoms with Crippen LogP contribution in [0.3, 0.4) is 0 Å². The standard InChI is InChI=1S/C25H29N5O3S/c1-18-6-4-12-26-24(18)28-25(31)20-7-5-13-29(17-20)23-11-8-19-16-21(9-10-22(19)27-23)34(32,33)30-14-2-3-15-30/h4,6,8-12,16,20H,2-3,5,7,13-15,17H2,1H3,(H,26,28,31)/t20-/m1/s1. The number of hydrogen-bond donors (Lipinski definition) is 1. The molecule has 2 aliphatic heterocycles. The molecule has 2 aromatic heterocycles. The van der Waals surface area contributed by atoms with Crippen molar-refractivity contribution in [2.24, 2.45) is 5.92 Å². The van der Waals surface area contributed by atoms with Gasteiger partial charge in [0.15, 0.2) is 0 Å². The monoisotopic (exact) mass is 479 g/mol. The van der Waals surface area contributed by atoms with Gasteiger partial charge in [-0.3, -0.25) is 4.79 Å². The highest BCUT2D eigenvalue weighted by atomic mass is 32.2. The van der Waals surface area contributed by atoms with E-state index in [4.69, 9.17) is 4.98 Å². The number of hydrogen-bond acceptors (Lipinski definition) is 6. The first kappa shape index (κ1) is 22.7. The Kier molecular flexibility index (Phi) is 6.22. The van der Waals surface area contributed by atoms with Gasteiger partial charge in [0, 0.05) is 37.8 Å². The van der Waals surface area contributed by atoms with Crippen LogP contribution in [0.1, 0.15) is 31.2 Å². The van der Waals surface area contributed by atoms with E-state index >= 15 is 0 Å². The number of pyridine rings is 2. The van der Waals surface area contributed by atoms with Crippen molar-refractivity contribution >= 4 is 38.5 Å². The minimum absolute atomic E-state index is 0.0240. The Bertz CT molecular complexity index is 1320. The molecule has 0 bridgehead atoms. The number of nitrogens with one attached hydrogen (secondary N) is 1. The van der Waals surface area contributed by atoms with E-state index in [0.29, 0.717) is 30.3 Å². The second kappa shape index (κ2) is 9.31. The molecule has 5 rings (SSSR count). The highest BCUT2D eigenvalue weighted by Gasteiger charge is 2.29. The van der Waals surface area contributed by atoms with Gasteiger partial charge in [-0.25, -0.2) is 18.4 Å². The number of anilines is 2. The number of aromatic nitrogens is 2. The lowest BCUT2D eigenvalue weighted by molar-refractivity contribution is -0.120. The van der Waals surface area contributed by atoms with E-state index in [0.717, 1.165) is 54.5 Å². The zero-order valence-corrected chi connectivity index (χ0v) is 20.1. The lowest BCUT2D eigenvalue weighted by Crippen LogP contribution is -2.41. The summed E-state index contributed by atoms with van der Waals surface area (Å²) >= 11 is 0. The zero-order chi connectivity index (χ0) is 23.7. The first-order valence-electron chi connectivity index (χ1n) is 11.8. The molecule has 1 atom stereocenters. The van der Waals surface area contributed by atoms with Crippen LogP contribution < -0.4 is 10.2 Å².